The fourth-order valence-corrected chi connectivity index (χ4v) is 4.40. The Hall–Kier alpha value is -2.93. The van der Waals surface area contributed by atoms with Crippen molar-refractivity contribution < 1.29 is 14.6 Å². The van der Waals surface area contributed by atoms with Crippen molar-refractivity contribution in [2.75, 3.05) is 6.61 Å². The number of aryl methyl sites for hydroxylation is 2. The molecule has 1 aromatic carbocycles. The van der Waals surface area contributed by atoms with Crippen molar-refractivity contribution in [2.24, 2.45) is 5.92 Å². The first-order valence-electron chi connectivity index (χ1n) is 11.1. The molecule has 5 rings (SSSR count). The number of benzene rings is 1. The van der Waals surface area contributed by atoms with Gasteiger partial charge >= 0.3 is 0 Å². The summed E-state index contributed by atoms with van der Waals surface area (Å²) in [6.07, 6.45) is 5.90. The molecule has 2 aliphatic carbocycles. The Bertz CT molecular complexity index is 1140. The average Bonchev–Trinajstić information content (AvgIpc) is 3.40. The van der Waals surface area contributed by atoms with Crippen LogP contribution in [0.4, 0.5) is 0 Å². The van der Waals surface area contributed by atoms with Gasteiger partial charge in [-0.2, -0.15) is 0 Å². The highest BCUT2D eigenvalue weighted by Gasteiger charge is 2.29. The standard InChI is InChI=1S/C24H28N4O3/c1-13-6-9-19(31-11-15-7-8-15)16(10-13)21-23-22(26-12-25-21)20(14(2)27-23)24(30)28-17-4-3-5-18(17)29/h6,9-10,12,15,17-18,27,29H,3-5,7-8,11H2,1-2H3,(H,28,30)/t17-,18-/m0/s1. The zero-order valence-electron chi connectivity index (χ0n) is 17.9. The number of hydrogen-bond acceptors (Lipinski definition) is 5. The van der Waals surface area contributed by atoms with Gasteiger partial charge in [-0.1, -0.05) is 11.6 Å². The maximum absolute atomic E-state index is 13.1. The first-order valence-corrected chi connectivity index (χ1v) is 11.1. The molecule has 3 aromatic rings. The van der Waals surface area contributed by atoms with Crippen molar-refractivity contribution in [1.82, 2.24) is 20.3 Å². The molecule has 0 aliphatic heterocycles. The molecule has 0 saturated heterocycles. The molecule has 0 spiro atoms. The summed E-state index contributed by atoms with van der Waals surface area (Å²) in [5.41, 5.74) is 5.27. The lowest BCUT2D eigenvalue weighted by Crippen LogP contribution is -2.40. The minimum Gasteiger partial charge on any atom is -0.493 e. The molecule has 7 heteroatoms. The third kappa shape index (κ3) is 3.90. The Morgan fingerprint density at radius 3 is 2.81 bits per heavy atom. The van der Waals surface area contributed by atoms with Gasteiger partial charge in [0.05, 0.1) is 29.8 Å². The maximum Gasteiger partial charge on any atom is 0.255 e. The fourth-order valence-electron chi connectivity index (χ4n) is 4.40. The molecule has 0 unspecified atom stereocenters. The molecule has 2 heterocycles. The van der Waals surface area contributed by atoms with E-state index >= 15 is 0 Å². The second kappa shape index (κ2) is 7.96. The summed E-state index contributed by atoms with van der Waals surface area (Å²) in [6, 6.07) is 5.88. The van der Waals surface area contributed by atoms with Crippen LogP contribution in [0.25, 0.3) is 22.3 Å². The summed E-state index contributed by atoms with van der Waals surface area (Å²) in [6.45, 7) is 4.62. The Labute approximate surface area is 181 Å². The molecule has 7 nitrogen and oxygen atoms in total. The number of aliphatic hydroxyl groups excluding tert-OH is 1. The monoisotopic (exact) mass is 420 g/mol. The van der Waals surface area contributed by atoms with Crippen LogP contribution in [0.5, 0.6) is 5.75 Å². The summed E-state index contributed by atoms with van der Waals surface area (Å²) >= 11 is 0. The van der Waals surface area contributed by atoms with Crippen LogP contribution in [0.1, 0.15) is 53.7 Å². The number of aromatic amines is 1. The number of ether oxygens (including phenoxy) is 1. The van der Waals surface area contributed by atoms with E-state index in [0.29, 0.717) is 23.6 Å². The number of nitrogens with one attached hydrogen (secondary N) is 2. The van der Waals surface area contributed by atoms with Crippen molar-refractivity contribution in [3.63, 3.8) is 0 Å². The van der Waals surface area contributed by atoms with Gasteiger partial charge in [-0.15, -0.1) is 0 Å². The second-order valence-corrected chi connectivity index (χ2v) is 8.90. The predicted octanol–water partition coefficient (Wildman–Crippen LogP) is 3.67. The Kier molecular flexibility index (Phi) is 5.14. The van der Waals surface area contributed by atoms with Crippen LogP contribution >= 0.6 is 0 Å². The number of carbonyl (C=O) groups excluding carboxylic acids is 1. The largest absolute Gasteiger partial charge is 0.493 e. The Morgan fingerprint density at radius 1 is 1.23 bits per heavy atom. The van der Waals surface area contributed by atoms with Gasteiger partial charge in [0.25, 0.3) is 5.91 Å². The summed E-state index contributed by atoms with van der Waals surface area (Å²) in [7, 11) is 0. The summed E-state index contributed by atoms with van der Waals surface area (Å²) in [5, 5.41) is 13.1. The second-order valence-electron chi connectivity index (χ2n) is 8.90. The normalized spacial score (nSPS) is 20.9. The molecule has 3 N–H and O–H groups in total. The molecular weight excluding hydrogens is 392 g/mol. The molecule has 2 saturated carbocycles. The van der Waals surface area contributed by atoms with Gasteiger partial charge in [-0.3, -0.25) is 4.79 Å². The third-order valence-corrected chi connectivity index (χ3v) is 6.36. The van der Waals surface area contributed by atoms with Gasteiger partial charge < -0.3 is 20.1 Å². The summed E-state index contributed by atoms with van der Waals surface area (Å²) in [5.74, 6) is 1.23. The first-order chi connectivity index (χ1) is 15.0. The highest BCUT2D eigenvalue weighted by molar-refractivity contribution is 6.09. The number of aromatic nitrogens is 3. The minimum atomic E-state index is -0.488. The molecule has 2 atom stereocenters. The van der Waals surface area contributed by atoms with E-state index in [-0.39, 0.29) is 11.9 Å². The van der Waals surface area contributed by atoms with E-state index < -0.39 is 6.10 Å². The zero-order valence-corrected chi connectivity index (χ0v) is 17.9. The Balaban J connectivity index is 1.53. The van der Waals surface area contributed by atoms with Crippen molar-refractivity contribution in [3.8, 4) is 17.0 Å². The number of rotatable bonds is 6. The fraction of sp³-hybridized carbons (Fsp3) is 0.458. The number of nitrogens with zero attached hydrogens (tertiary/aromatic N) is 2. The number of hydrogen-bond donors (Lipinski definition) is 3. The molecule has 2 fully saturated rings. The number of aliphatic hydroxyl groups is 1. The van der Waals surface area contributed by atoms with E-state index in [2.05, 4.69) is 26.3 Å². The van der Waals surface area contributed by atoms with Gasteiger partial charge in [0.1, 0.15) is 23.3 Å². The lowest BCUT2D eigenvalue weighted by molar-refractivity contribution is 0.0874. The minimum absolute atomic E-state index is 0.211. The Morgan fingerprint density at radius 2 is 2.06 bits per heavy atom. The summed E-state index contributed by atoms with van der Waals surface area (Å²) in [4.78, 5) is 25.4. The number of carbonyl (C=O) groups is 1. The molecular formula is C24H28N4O3. The smallest absolute Gasteiger partial charge is 0.255 e. The predicted molar refractivity (Wildman–Crippen MR) is 118 cm³/mol. The van der Waals surface area contributed by atoms with E-state index in [0.717, 1.165) is 53.0 Å². The van der Waals surface area contributed by atoms with Gasteiger partial charge in [-0.25, -0.2) is 9.97 Å². The van der Waals surface area contributed by atoms with Gasteiger partial charge in [-0.05, 0) is 64.0 Å². The van der Waals surface area contributed by atoms with E-state index in [1.54, 1.807) is 0 Å². The van der Waals surface area contributed by atoms with Crippen molar-refractivity contribution in [1.29, 1.82) is 0 Å². The number of H-pyrrole nitrogens is 1. The van der Waals surface area contributed by atoms with Gasteiger partial charge in [0.15, 0.2) is 0 Å². The van der Waals surface area contributed by atoms with E-state index in [1.165, 1.54) is 19.2 Å². The highest BCUT2D eigenvalue weighted by atomic mass is 16.5. The van der Waals surface area contributed by atoms with Crippen LogP contribution in [-0.2, 0) is 0 Å². The van der Waals surface area contributed by atoms with Crippen molar-refractivity contribution in [2.45, 2.75) is 58.1 Å². The van der Waals surface area contributed by atoms with Crippen molar-refractivity contribution >= 4 is 16.9 Å². The maximum atomic E-state index is 13.1. The van der Waals surface area contributed by atoms with Crippen LogP contribution in [0.15, 0.2) is 24.5 Å². The van der Waals surface area contributed by atoms with Crippen LogP contribution in [0, 0.1) is 19.8 Å². The molecule has 0 bridgehead atoms. The quantitative estimate of drug-likeness (QED) is 0.565. The van der Waals surface area contributed by atoms with E-state index in [1.807, 2.05) is 26.0 Å². The lowest BCUT2D eigenvalue weighted by atomic mass is 10.1. The van der Waals surface area contributed by atoms with Gasteiger partial charge in [0.2, 0.25) is 0 Å². The molecule has 162 valence electrons. The number of fused-ring (bicyclic) bond motifs is 1. The molecule has 2 aromatic heterocycles. The molecule has 2 aliphatic rings. The zero-order chi connectivity index (χ0) is 21.5. The van der Waals surface area contributed by atoms with E-state index in [4.69, 9.17) is 4.74 Å². The third-order valence-electron chi connectivity index (χ3n) is 6.36. The molecule has 0 radical (unpaired) electrons. The van der Waals surface area contributed by atoms with Crippen molar-refractivity contribution in [3.05, 3.63) is 41.3 Å². The SMILES string of the molecule is Cc1ccc(OCC2CC2)c(-c2ncnc3c(C(=O)N[C@H]4CCC[C@@H]4O)c(C)[nH]c23)c1. The topological polar surface area (TPSA) is 100 Å². The van der Waals surface area contributed by atoms with E-state index in [9.17, 15) is 9.90 Å². The van der Waals surface area contributed by atoms with Gasteiger partial charge in [0, 0.05) is 11.3 Å². The first kappa shape index (κ1) is 20.0. The molecule has 31 heavy (non-hydrogen) atoms. The average molecular weight is 421 g/mol. The van der Waals surface area contributed by atoms with Crippen LogP contribution in [0.2, 0.25) is 0 Å². The summed E-state index contributed by atoms with van der Waals surface area (Å²) < 4.78 is 6.12. The van der Waals surface area contributed by atoms with Crippen LogP contribution < -0.4 is 10.1 Å². The van der Waals surface area contributed by atoms with Crippen LogP contribution in [0.3, 0.4) is 0 Å². The van der Waals surface area contributed by atoms with Crippen LogP contribution in [-0.4, -0.2) is 44.7 Å². The molecule has 1 amide bonds. The lowest BCUT2D eigenvalue weighted by Gasteiger charge is -2.16. The number of amides is 1. The highest BCUT2D eigenvalue weighted by Crippen LogP contribution is 2.37.